The fraction of sp³-hybridized carbons (Fsp3) is 0.636. The van der Waals surface area contributed by atoms with Crippen LogP contribution in [0.4, 0.5) is 0 Å². The lowest BCUT2D eigenvalue weighted by Gasteiger charge is -2.11. The summed E-state index contributed by atoms with van der Waals surface area (Å²) >= 11 is 0. The average molecular weight is 223 g/mol. The van der Waals surface area contributed by atoms with E-state index in [2.05, 4.69) is 15.3 Å². The zero-order valence-corrected chi connectivity index (χ0v) is 9.69. The molecular formula is C11H17N3O2. The smallest absolute Gasteiger partial charge is 0.316 e. The van der Waals surface area contributed by atoms with Gasteiger partial charge in [-0.2, -0.15) is 0 Å². The molecule has 88 valence electrons. The summed E-state index contributed by atoms with van der Waals surface area (Å²) in [5.74, 6) is 0. The van der Waals surface area contributed by atoms with E-state index in [4.69, 9.17) is 9.47 Å². The monoisotopic (exact) mass is 223 g/mol. The van der Waals surface area contributed by atoms with Crippen molar-refractivity contribution >= 4 is 0 Å². The SMILES string of the molecule is CNCc1cnc(OC2CCOC2)nc1C. The molecule has 1 fully saturated rings. The van der Waals surface area contributed by atoms with E-state index in [1.54, 1.807) is 0 Å². The van der Waals surface area contributed by atoms with Crippen molar-refractivity contribution in [3.63, 3.8) is 0 Å². The summed E-state index contributed by atoms with van der Waals surface area (Å²) < 4.78 is 10.9. The molecule has 1 aromatic rings. The van der Waals surface area contributed by atoms with E-state index in [1.165, 1.54) is 0 Å². The molecule has 1 aliphatic rings. The molecule has 5 heteroatoms. The molecule has 1 aliphatic heterocycles. The van der Waals surface area contributed by atoms with Crippen molar-refractivity contribution in [3.8, 4) is 6.01 Å². The Morgan fingerprint density at radius 3 is 3.12 bits per heavy atom. The molecule has 1 unspecified atom stereocenters. The molecular weight excluding hydrogens is 206 g/mol. The van der Waals surface area contributed by atoms with Gasteiger partial charge in [0.25, 0.3) is 0 Å². The summed E-state index contributed by atoms with van der Waals surface area (Å²) in [6, 6.07) is 0.452. The Hall–Kier alpha value is -1.20. The number of aromatic nitrogens is 2. The van der Waals surface area contributed by atoms with Crippen LogP contribution in [0.1, 0.15) is 17.7 Å². The van der Waals surface area contributed by atoms with Crippen molar-refractivity contribution < 1.29 is 9.47 Å². The highest BCUT2D eigenvalue weighted by molar-refractivity contribution is 5.17. The maximum atomic E-state index is 5.62. The lowest BCUT2D eigenvalue weighted by Crippen LogP contribution is -2.18. The topological polar surface area (TPSA) is 56.3 Å². The Morgan fingerprint density at radius 1 is 1.62 bits per heavy atom. The highest BCUT2D eigenvalue weighted by Gasteiger charge is 2.18. The minimum atomic E-state index is 0.106. The molecule has 0 spiro atoms. The minimum absolute atomic E-state index is 0.106. The number of hydrogen-bond donors (Lipinski definition) is 1. The van der Waals surface area contributed by atoms with E-state index in [9.17, 15) is 0 Å². The summed E-state index contributed by atoms with van der Waals surface area (Å²) in [4.78, 5) is 8.52. The first-order chi connectivity index (χ1) is 7.79. The minimum Gasteiger partial charge on any atom is -0.458 e. The third kappa shape index (κ3) is 2.68. The molecule has 0 saturated carbocycles. The Bertz CT molecular complexity index is 351. The summed E-state index contributed by atoms with van der Waals surface area (Å²) in [6.07, 6.45) is 2.83. The van der Waals surface area contributed by atoms with Crippen LogP contribution in [0.25, 0.3) is 0 Å². The second kappa shape index (κ2) is 5.23. The number of aryl methyl sites for hydroxylation is 1. The van der Waals surface area contributed by atoms with Crippen LogP contribution in [-0.2, 0) is 11.3 Å². The van der Waals surface area contributed by atoms with E-state index in [-0.39, 0.29) is 6.10 Å². The van der Waals surface area contributed by atoms with Crippen LogP contribution in [-0.4, -0.2) is 36.3 Å². The third-order valence-corrected chi connectivity index (χ3v) is 2.59. The van der Waals surface area contributed by atoms with Crippen LogP contribution in [0.3, 0.4) is 0 Å². The number of nitrogens with zero attached hydrogens (tertiary/aromatic N) is 2. The third-order valence-electron chi connectivity index (χ3n) is 2.59. The van der Waals surface area contributed by atoms with E-state index in [0.717, 1.165) is 30.8 Å². The quantitative estimate of drug-likeness (QED) is 0.813. The van der Waals surface area contributed by atoms with Crippen LogP contribution in [0, 0.1) is 6.92 Å². The van der Waals surface area contributed by atoms with Gasteiger partial charge in [0.2, 0.25) is 0 Å². The Balaban J connectivity index is 2.02. The number of hydrogen-bond acceptors (Lipinski definition) is 5. The molecule has 1 saturated heterocycles. The molecule has 1 N–H and O–H groups in total. The summed E-state index contributed by atoms with van der Waals surface area (Å²) in [5, 5.41) is 3.08. The molecule has 2 heterocycles. The van der Waals surface area contributed by atoms with Gasteiger partial charge in [-0.05, 0) is 14.0 Å². The lowest BCUT2D eigenvalue weighted by atomic mass is 10.2. The first-order valence-electron chi connectivity index (χ1n) is 5.51. The zero-order chi connectivity index (χ0) is 11.4. The zero-order valence-electron chi connectivity index (χ0n) is 9.69. The Morgan fingerprint density at radius 2 is 2.50 bits per heavy atom. The van der Waals surface area contributed by atoms with Crippen molar-refractivity contribution in [2.24, 2.45) is 0 Å². The van der Waals surface area contributed by atoms with Crippen LogP contribution in [0.15, 0.2) is 6.20 Å². The predicted molar refractivity (Wildman–Crippen MR) is 59.4 cm³/mol. The molecule has 0 amide bonds. The highest BCUT2D eigenvalue weighted by Crippen LogP contribution is 2.14. The standard InChI is InChI=1S/C11H17N3O2/c1-8-9(5-12-2)6-13-11(14-8)16-10-3-4-15-7-10/h6,10,12H,3-5,7H2,1-2H3. The van der Waals surface area contributed by atoms with Gasteiger partial charge in [-0.25, -0.2) is 9.97 Å². The lowest BCUT2D eigenvalue weighted by molar-refractivity contribution is 0.134. The van der Waals surface area contributed by atoms with Gasteiger partial charge in [0.1, 0.15) is 6.10 Å². The van der Waals surface area contributed by atoms with Gasteiger partial charge in [0.15, 0.2) is 0 Å². The van der Waals surface area contributed by atoms with Gasteiger partial charge < -0.3 is 14.8 Å². The second-order valence-corrected chi connectivity index (χ2v) is 3.90. The average Bonchev–Trinajstić information content (AvgIpc) is 2.75. The molecule has 1 atom stereocenters. The van der Waals surface area contributed by atoms with Crippen molar-refractivity contribution in [2.75, 3.05) is 20.3 Å². The first-order valence-corrected chi connectivity index (χ1v) is 5.51. The number of rotatable bonds is 4. The van der Waals surface area contributed by atoms with Crippen LogP contribution >= 0.6 is 0 Å². The number of ether oxygens (including phenoxy) is 2. The van der Waals surface area contributed by atoms with E-state index in [1.807, 2.05) is 20.2 Å². The van der Waals surface area contributed by atoms with Crippen molar-refractivity contribution in [1.29, 1.82) is 0 Å². The van der Waals surface area contributed by atoms with E-state index >= 15 is 0 Å². The Labute approximate surface area is 95.2 Å². The molecule has 2 rings (SSSR count). The largest absolute Gasteiger partial charge is 0.458 e. The molecule has 0 aliphatic carbocycles. The first kappa shape index (κ1) is 11.3. The van der Waals surface area contributed by atoms with Gasteiger partial charge in [-0.15, -0.1) is 0 Å². The van der Waals surface area contributed by atoms with Crippen LogP contribution < -0.4 is 10.1 Å². The summed E-state index contributed by atoms with van der Waals surface area (Å²) in [6.45, 7) is 4.15. The van der Waals surface area contributed by atoms with Crippen LogP contribution in [0.2, 0.25) is 0 Å². The maximum Gasteiger partial charge on any atom is 0.316 e. The summed E-state index contributed by atoms with van der Waals surface area (Å²) in [7, 11) is 1.90. The fourth-order valence-electron chi connectivity index (χ4n) is 1.65. The molecule has 0 aromatic carbocycles. The fourth-order valence-corrected chi connectivity index (χ4v) is 1.65. The molecule has 0 bridgehead atoms. The molecule has 1 aromatic heterocycles. The maximum absolute atomic E-state index is 5.62. The predicted octanol–water partition coefficient (Wildman–Crippen LogP) is 0.672. The van der Waals surface area contributed by atoms with Crippen LogP contribution in [0.5, 0.6) is 6.01 Å². The van der Waals surface area contributed by atoms with E-state index < -0.39 is 0 Å². The molecule has 0 radical (unpaired) electrons. The Kier molecular flexibility index (Phi) is 3.69. The van der Waals surface area contributed by atoms with Gasteiger partial charge in [0.05, 0.1) is 13.2 Å². The van der Waals surface area contributed by atoms with Crippen molar-refractivity contribution in [1.82, 2.24) is 15.3 Å². The molecule has 16 heavy (non-hydrogen) atoms. The summed E-state index contributed by atoms with van der Waals surface area (Å²) in [5.41, 5.74) is 2.05. The normalized spacial score (nSPS) is 20.0. The van der Waals surface area contributed by atoms with E-state index in [0.29, 0.717) is 12.6 Å². The molecule has 5 nitrogen and oxygen atoms in total. The van der Waals surface area contributed by atoms with Gasteiger partial charge in [0, 0.05) is 30.4 Å². The van der Waals surface area contributed by atoms with Gasteiger partial charge in [-0.3, -0.25) is 0 Å². The number of nitrogens with one attached hydrogen (secondary N) is 1. The highest BCUT2D eigenvalue weighted by atomic mass is 16.6. The van der Waals surface area contributed by atoms with Gasteiger partial charge >= 0.3 is 6.01 Å². The van der Waals surface area contributed by atoms with Crippen molar-refractivity contribution in [3.05, 3.63) is 17.5 Å². The second-order valence-electron chi connectivity index (χ2n) is 3.90. The van der Waals surface area contributed by atoms with Crippen molar-refractivity contribution in [2.45, 2.75) is 26.0 Å². The van der Waals surface area contributed by atoms with Gasteiger partial charge in [-0.1, -0.05) is 0 Å².